The van der Waals surface area contributed by atoms with Crippen LogP contribution in [0.4, 0.5) is 0 Å². The maximum atomic E-state index is 9.50. The van der Waals surface area contributed by atoms with Crippen LogP contribution in [0.15, 0.2) is 0 Å². The Bertz CT molecular complexity index is 71.6. The Morgan fingerprint density at radius 3 is 2.00 bits per heavy atom. The summed E-state index contributed by atoms with van der Waals surface area (Å²) < 4.78 is 13.2. The predicted molar refractivity (Wildman–Crippen MR) is 27.1 cm³/mol. The minimum absolute atomic E-state index is 0. The van der Waals surface area contributed by atoms with Crippen molar-refractivity contribution in [2.24, 2.45) is 5.90 Å². The summed E-state index contributed by atoms with van der Waals surface area (Å²) in [6.45, 7) is 0. The van der Waals surface area contributed by atoms with Crippen LogP contribution in [0.2, 0.25) is 0 Å². The fourth-order valence-corrected chi connectivity index (χ4v) is 0. The van der Waals surface area contributed by atoms with Gasteiger partial charge in [0.05, 0.1) is 0 Å². The van der Waals surface area contributed by atoms with Crippen LogP contribution < -0.4 is 5.90 Å². The van der Waals surface area contributed by atoms with E-state index in [9.17, 15) is 4.57 Å². The Morgan fingerprint density at radius 2 is 2.00 bits per heavy atom. The molecule has 0 bridgehead atoms. The standard InChI is InChI=1S/CH4NO2P.Na.H/c1-5(3)4-2;;/h1-2H2;;. The normalized spacial score (nSPS) is 9.17. The third kappa shape index (κ3) is 8.86. The van der Waals surface area contributed by atoms with E-state index in [2.05, 4.69) is 16.8 Å². The van der Waals surface area contributed by atoms with E-state index >= 15 is 0 Å². The summed E-state index contributed by atoms with van der Waals surface area (Å²) in [6.07, 6.45) is 2.92. The summed E-state index contributed by atoms with van der Waals surface area (Å²) in [5.41, 5.74) is 0. The Kier molecular flexibility index (Phi) is 9.81. The first-order chi connectivity index (χ1) is 2.27. The van der Waals surface area contributed by atoms with Crippen LogP contribution in [0.25, 0.3) is 0 Å². The first-order valence-corrected chi connectivity index (χ1v) is 2.28. The molecule has 0 aliphatic rings. The Balaban J connectivity index is 0. The third-order valence-electron chi connectivity index (χ3n) is 0.118. The van der Waals surface area contributed by atoms with Gasteiger partial charge in [-0.25, -0.2) is 15.1 Å². The molecule has 32 valence electrons. The molecule has 0 fully saturated rings. The number of rotatable bonds is 1. The molecule has 1 atom stereocenters. The second-order valence-corrected chi connectivity index (χ2v) is 1.31. The molecule has 0 aromatic rings. The van der Waals surface area contributed by atoms with Gasteiger partial charge >= 0.3 is 29.6 Å². The average Bonchev–Trinajstić information content (AvgIpc) is 1.38. The Morgan fingerprint density at radius 1 is 1.83 bits per heavy atom. The van der Waals surface area contributed by atoms with E-state index in [0.717, 1.165) is 0 Å². The van der Waals surface area contributed by atoms with Crippen molar-refractivity contribution in [2.75, 3.05) is 0 Å². The van der Waals surface area contributed by atoms with Gasteiger partial charge in [-0.15, -0.1) is 0 Å². The van der Waals surface area contributed by atoms with E-state index in [1.807, 2.05) is 0 Å². The van der Waals surface area contributed by atoms with Gasteiger partial charge in [-0.2, -0.15) is 0 Å². The molecule has 0 aliphatic carbocycles. The van der Waals surface area contributed by atoms with Crippen LogP contribution in [0.5, 0.6) is 0 Å². The Labute approximate surface area is 58.6 Å². The van der Waals surface area contributed by atoms with Crippen molar-refractivity contribution in [3.05, 3.63) is 0 Å². The zero-order chi connectivity index (χ0) is 4.28. The third-order valence-corrected chi connectivity index (χ3v) is 0.353. The summed E-state index contributed by atoms with van der Waals surface area (Å²) in [5, 5.41) is 0. The molecule has 0 saturated carbocycles. The molecule has 0 rings (SSSR count). The fourth-order valence-electron chi connectivity index (χ4n) is 0. The van der Waals surface area contributed by atoms with Crippen molar-refractivity contribution >= 4 is 43.5 Å². The summed E-state index contributed by atoms with van der Waals surface area (Å²) in [4.78, 5) is 0. The van der Waals surface area contributed by atoms with Gasteiger partial charge in [-0.3, -0.25) is 0 Å². The summed E-state index contributed by atoms with van der Waals surface area (Å²) in [7, 11) is -1.82. The van der Waals surface area contributed by atoms with Crippen LogP contribution in [-0.4, -0.2) is 35.9 Å². The molecule has 3 nitrogen and oxygen atoms in total. The predicted octanol–water partition coefficient (Wildman–Crippen LogP) is -0.597. The van der Waals surface area contributed by atoms with Crippen LogP contribution in [0.1, 0.15) is 0 Å². The molecular formula is CH5NNaO2P. The van der Waals surface area contributed by atoms with Crippen molar-refractivity contribution in [2.45, 2.75) is 0 Å². The number of hydrogen-bond acceptors (Lipinski definition) is 3. The van der Waals surface area contributed by atoms with E-state index in [-0.39, 0.29) is 29.6 Å². The first kappa shape index (κ1) is 10.00. The van der Waals surface area contributed by atoms with Crippen LogP contribution in [0, 0.1) is 0 Å². The van der Waals surface area contributed by atoms with E-state index in [1.165, 1.54) is 0 Å². The van der Waals surface area contributed by atoms with Gasteiger partial charge in [0.2, 0.25) is 7.65 Å². The van der Waals surface area contributed by atoms with Gasteiger partial charge in [0.1, 0.15) is 0 Å². The molecule has 0 amide bonds. The second kappa shape index (κ2) is 5.89. The average molecular weight is 117 g/mol. The van der Waals surface area contributed by atoms with Gasteiger partial charge in [-0.05, 0) is 6.30 Å². The molecule has 0 heterocycles. The van der Waals surface area contributed by atoms with Crippen molar-refractivity contribution < 1.29 is 9.19 Å². The quantitative estimate of drug-likeness (QED) is 0.283. The minimum atomic E-state index is -1.82. The summed E-state index contributed by atoms with van der Waals surface area (Å²) in [6, 6.07) is 0. The number of hydrogen-bond donors (Lipinski definition) is 1. The topological polar surface area (TPSA) is 52.3 Å². The zero-order valence-electron chi connectivity index (χ0n) is 2.55. The Hall–Kier alpha value is 0.890. The van der Waals surface area contributed by atoms with Gasteiger partial charge in [0, 0.05) is 0 Å². The monoisotopic (exact) mass is 117 g/mol. The fraction of sp³-hybridized carbons (Fsp3) is 0. The molecule has 0 aromatic heterocycles. The zero-order valence-corrected chi connectivity index (χ0v) is 3.44. The second-order valence-electron chi connectivity index (χ2n) is 0.438. The van der Waals surface area contributed by atoms with Gasteiger partial charge in [0.25, 0.3) is 0 Å². The summed E-state index contributed by atoms with van der Waals surface area (Å²) >= 11 is 0. The molecular weight excluding hydrogens is 112 g/mol. The van der Waals surface area contributed by atoms with E-state index < -0.39 is 7.65 Å². The molecule has 0 radical (unpaired) electrons. The number of nitrogens with two attached hydrogens (primary N) is 1. The van der Waals surface area contributed by atoms with Gasteiger partial charge in [0.15, 0.2) is 0 Å². The molecule has 0 aromatic carbocycles. The van der Waals surface area contributed by atoms with Crippen molar-refractivity contribution in [3.63, 3.8) is 0 Å². The molecule has 6 heavy (non-hydrogen) atoms. The molecule has 0 aliphatic heterocycles. The molecule has 1 unspecified atom stereocenters. The molecule has 0 saturated heterocycles. The molecule has 2 N–H and O–H groups in total. The SMILES string of the molecule is C=P(=O)ON.[NaH]. The summed E-state index contributed by atoms with van der Waals surface area (Å²) in [5.74, 6) is 4.33. The van der Waals surface area contributed by atoms with E-state index in [4.69, 9.17) is 0 Å². The molecule has 0 spiro atoms. The van der Waals surface area contributed by atoms with Gasteiger partial charge < -0.3 is 0 Å². The van der Waals surface area contributed by atoms with Crippen LogP contribution in [-0.2, 0) is 9.19 Å². The van der Waals surface area contributed by atoms with E-state index in [0.29, 0.717) is 0 Å². The molecule has 5 heteroatoms. The van der Waals surface area contributed by atoms with Crippen LogP contribution in [0.3, 0.4) is 0 Å². The van der Waals surface area contributed by atoms with Crippen LogP contribution >= 0.6 is 7.65 Å². The van der Waals surface area contributed by atoms with Crippen molar-refractivity contribution in [3.8, 4) is 0 Å². The first-order valence-electron chi connectivity index (χ1n) is 0.917. The van der Waals surface area contributed by atoms with Gasteiger partial charge in [-0.1, -0.05) is 0 Å². The van der Waals surface area contributed by atoms with E-state index in [1.54, 1.807) is 0 Å². The van der Waals surface area contributed by atoms with Crippen molar-refractivity contribution in [1.29, 1.82) is 0 Å². The van der Waals surface area contributed by atoms with Crippen molar-refractivity contribution in [1.82, 2.24) is 0 Å². The maximum absolute atomic E-state index is 9.50.